The van der Waals surface area contributed by atoms with Crippen molar-refractivity contribution in [2.45, 2.75) is 26.3 Å². The molecular formula is C12H21ClN2OS. The van der Waals surface area contributed by atoms with Gasteiger partial charge in [-0.15, -0.1) is 22.9 Å². The number of rotatable bonds is 8. The molecule has 0 aromatic carbocycles. The lowest BCUT2D eigenvalue weighted by atomic mass is 10.2. The lowest BCUT2D eigenvalue weighted by Gasteiger charge is -2.22. The SMILES string of the molecule is COCCN(Cc1nc(CCl)cs1)CC(C)C. The molecule has 1 aromatic rings. The number of aromatic nitrogens is 1. The van der Waals surface area contributed by atoms with Gasteiger partial charge in [0.05, 0.1) is 24.7 Å². The van der Waals surface area contributed by atoms with Gasteiger partial charge in [-0.1, -0.05) is 13.8 Å². The molecule has 0 fully saturated rings. The predicted octanol–water partition coefficient (Wildman–Crippen LogP) is 2.99. The van der Waals surface area contributed by atoms with Crippen LogP contribution in [-0.2, 0) is 17.2 Å². The number of halogens is 1. The van der Waals surface area contributed by atoms with Crippen molar-refractivity contribution < 1.29 is 4.74 Å². The predicted molar refractivity (Wildman–Crippen MR) is 73.7 cm³/mol. The van der Waals surface area contributed by atoms with E-state index in [4.69, 9.17) is 16.3 Å². The second-order valence-corrected chi connectivity index (χ2v) is 5.70. The largest absolute Gasteiger partial charge is 0.383 e. The summed E-state index contributed by atoms with van der Waals surface area (Å²) in [7, 11) is 1.74. The van der Waals surface area contributed by atoms with Crippen LogP contribution in [0, 0.1) is 5.92 Å². The van der Waals surface area contributed by atoms with E-state index in [1.807, 2.05) is 5.38 Å². The van der Waals surface area contributed by atoms with Crippen LogP contribution in [0.5, 0.6) is 0 Å². The molecule has 0 N–H and O–H groups in total. The number of alkyl halides is 1. The van der Waals surface area contributed by atoms with Crippen molar-refractivity contribution in [3.05, 3.63) is 16.1 Å². The van der Waals surface area contributed by atoms with Gasteiger partial charge < -0.3 is 4.74 Å². The Hall–Kier alpha value is -0.160. The van der Waals surface area contributed by atoms with Crippen molar-refractivity contribution >= 4 is 22.9 Å². The Labute approximate surface area is 113 Å². The van der Waals surface area contributed by atoms with E-state index < -0.39 is 0 Å². The lowest BCUT2D eigenvalue weighted by molar-refractivity contribution is 0.136. The zero-order chi connectivity index (χ0) is 12.7. The van der Waals surface area contributed by atoms with E-state index in [9.17, 15) is 0 Å². The Morgan fingerprint density at radius 1 is 1.53 bits per heavy atom. The molecule has 0 aliphatic heterocycles. The van der Waals surface area contributed by atoms with E-state index in [1.165, 1.54) is 0 Å². The van der Waals surface area contributed by atoms with Gasteiger partial charge in [0.2, 0.25) is 0 Å². The third-order valence-corrected chi connectivity index (χ3v) is 3.49. The topological polar surface area (TPSA) is 25.4 Å². The minimum Gasteiger partial charge on any atom is -0.383 e. The number of ether oxygens (including phenoxy) is 1. The molecular weight excluding hydrogens is 256 g/mol. The molecule has 0 saturated carbocycles. The van der Waals surface area contributed by atoms with Crippen molar-refractivity contribution in [1.29, 1.82) is 0 Å². The highest BCUT2D eigenvalue weighted by Gasteiger charge is 2.10. The summed E-state index contributed by atoms with van der Waals surface area (Å²) in [6.07, 6.45) is 0. The summed E-state index contributed by atoms with van der Waals surface area (Å²) in [4.78, 5) is 6.87. The number of hydrogen-bond acceptors (Lipinski definition) is 4. The Balaban J connectivity index is 2.51. The normalized spacial score (nSPS) is 11.6. The number of thiazole rings is 1. The van der Waals surface area contributed by atoms with Gasteiger partial charge in [-0.3, -0.25) is 4.90 Å². The fourth-order valence-electron chi connectivity index (χ4n) is 1.65. The summed E-state index contributed by atoms with van der Waals surface area (Å²) in [6, 6.07) is 0. The average molecular weight is 277 g/mol. The molecule has 1 rings (SSSR count). The third-order valence-electron chi connectivity index (χ3n) is 2.33. The average Bonchev–Trinajstić information content (AvgIpc) is 2.73. The van der Waals surface area contributed by atoms with E-state index >= 15 is 0 Å². The van der Waals surface area contributed by atoms with Crippen molar-refractivity contribution in [1.82, 2.24) is 9.88 Å². The number of hydrogen-bond donors (Lipinski definition) is 0. The second kappa shape index (κ2) is 8.03. The molecule has 3 nitrogen and oxygen atoms in total. The van der Waals surface area contributed by atoms with Crippen LogP contribution in [0.2, 0.25) is 0 Å². The Morgan fingerprint density at radius 2 is 2.29 bits per heavy atom. The maximum Gasteiger partial charge on any atom is 0.107 e. The molecule has 1 heterocycles. The zero-order valence-electron chi connectivity index (χ0n) is 10.8. The quantitative estimate of drug-likeness (QED) is 0.683. The second-order valence-electron chi connectivity index (χ2n) is 4.49. The number of nitrogens with zero attached hydrogens (tertiary/aromatic N) is 2. The molecule has 0 aliphatic carbocycles. The lowest BCUT2D eigenvalue weighted by Crippen LogP contribution is -2.30. The smallest absolute Gasteiger partial charge is 0.107 e. The molecule has 0 amide bonds. The van der Waals surface area contributed by atoms with Crippen LogP contribution in [0.15, 0.2) is 5.38 Å². The van der Waals surface area contributed by atoms with Crippen molar-refractivity contribution in [3.8, 4) is 0 Å². The Bertz CT molecular complexity index is 317. The van der Waals surface area contributed by atoms with Gasteiger partial charge in [0.15, 0.2) is 0 Å². The van der Waals surface area contributed by atoms with Gasteiger partial charge in [0, 0.05) is 25.6 Å². The van der Waals surface area contributed by atoms with Crippen LogP contribution < -0.4 is 0 Å². The summed E-state index contributed by atoms with van der Waals surface area (Å²) >= 11 is 7.44. The first-order chi connectivity index (χ1) is 8.15. The highest BCUT2D eigenvalue weighted by molar-refractivity contribution is 7.09. The molecule has 0 atom stereocenters. The van der Waals surface area contributed by atoms with Gasteiger partial charge in [-0.2, -0.15) is 0 Å². The summed E-state index contributed by atoms with van der Waals surface area (Å²) in [5.41, 5.74) is 0.975. The van der Waals surface area contributed by atoms with Crippen LogP contribution in [0.25, 0.3) is 0 Å². The standard InChI is InChI=1S/C12H21ClN2OS/c1-10(2)7-15(4-5-16-3)8-12-14-11(6-13)9-17-12/h9-10H,4-8H2,1-3H3. The first-order valence-corrected chi connectivity index (χ1v) is 7.27. The van der Waals surface area contributed by atoms with Gasteiger partial charge in [-0.05, 0) is 5.92 Å². The maximum absolute atomic E-state index is 5.76. The summed E-state index contributed by atoms with van der Waals surface area (Å²) in [6.45, 7) is 8.13. The van der Waals surface area contributed by atoms with Crippen molar-refractivity contribution in [2.24, 2.45) is 5.92 Å². The Kier molecular flexibility index (Phi) is 7.04. The monoisotopic (exact) mass is 276 g/mol. The molecule has 1 aromatic heterocycles. The summed E-state index contributed by atoms with van der Waals surface area (Å²) in [5, 5.41) is 3.17. The van der Waals surface area contributed by atoms with Gasteiger partial charge in [-0.25, -0.2) is 4.98 Å². The first kappa shape index (κ1) is 14.9. The van der Waals surface area contributed by atoms with E-state index in [0.29, 0.717) is 11.8 Å². The highest BCUT2D eigenvalue weighted by atomic mass is 35.5. The van der Waals surface area contributed by atoms with Crippen LogP contribution in [0.4, 0.5) is 0 Å². The van der Waals surface area contributed by atoms with Gasteiger partial charge in [0.1, 0.15) is 5.01 Å². The van der Waals surface area contributed by atoms with Crippen LogP contribution in [-0.4, -0.2) is 36.7 Å². The fraction of sp³-hybridized carbons (Fsp3) is 0.750. The third kappa shape index (κ3) is 5.82. The molecule has 98 valence electrons. The minimum absolute atomic E-state index is 0.499. The maximum atomic E-state index is 5.76. The van der Waals surface area contributed by atoms with E-state index in [1.54, 1.807) is 18.4 Å². The Morgan fingerprint density at radius 3 is 2.82 bits per heavy atom. The van der Waals surface area contributed by atoms with Crippen LogP contribution in [0.3, 0.4) is 0 Å². The van der Waals surface area contributed by atoms with E-state index in [0.717, 1.165) is 36.9 Å². The van der Waals surface area contributed by atoms with Crippen molar-refractivity contribution in [2.75, 3.05) is 26.8 Å². The highest BCUT2D eigenvalue weighted by Crippen LogP contribution is 2.14. The molecule has 0 radical (unpaired) electrons. The summed E-state index contributed by atoms with van der Waals surface area (Å²) < 4.78 is 5.14. The fourth-order valence-corrected chi connectivity index (χ4v) is 2.71. The van der Waals surface area contributed by atoms with Gasteiger partial charge >= 0.3 is 0 Å². The zero-order valence-corrected chi connectivity index (χ0v) is 12.4. The van der Waals surface area contributed by atoms with Gasteiger partial charge in [0.25, 0.3) is 0 Å². The summed E-state index contributed by atoms with van der Waals surface area (Å²) in [5.74, 6) is 1.15. The first-order valence-electron chi connectivity index (χ1n) is 5.86. The number of methoxy groups -OCH3 is 1. The molecule has 0 spiro atoms. The van der Waals surface area contributed by atoms with E-state index in [2.05, 4.69) is 23.7 Å². The molecule has 0 aliphatic rings. The van der Waals surface area contributed by atoms with Crippen LogP contribution >= 0.6 is 22.9 Å². The minimum atomic E-state index is 0.499. The molecule has 0 saturated heterocycles. The molecule has 17 heavy (non-hydrogen) atoms. The molecule has 0 unspecified atom stereocenters. The van der Waals surface area contributed by atoms with Crippen LogP contribution in [0.1, 0.15) is 24.5 Å². The molecule has 5 heteroatoms. The molecule has 0 bridgehead atoms. The van der Waals surface area contributed by atoms with Crippen molar-refractivity contribution in [3.63, 3.8) is 0 Å². The van der Waals surface area contributed by atoms with E-state index in [-0.39, 0.29) is 0 Å².